The van der Waals surface area contributed by atoms with Crippen LogP contribution in [0.1, 0.15) is 30.2 Å². The van der Waals surface area contributed by atoms with E-state index in [0.29, 0.717) is 36.3 Å². The maximum atomic E-state index is 12.8. The van der Waals surface area contributed by atoms with E-state index in [-0.39, 0.29) is 12.0 Å². The van der Waals surface area contributed by atoms with Gasteiger partial charge in [-0.25, -0.2) is 4.98 Å². The van der Waals surface area contributed by atoms with Gasteiger partial charge < -0.3 is 19.7 Å². The van der Waals surface area contributed by atoms with Crippen LogP contribution in [0.3, 0.4) is 0 Å². The van der Waals surface area contributed by atoms with Crippen molar-refractivity contribution >= 4 is 28.2 Å². The quantitative estimate of drug-likeness (QED) is 0.413. The molecule has 0 unspecified atom stereocenters. The van der Waals surface area contributed by atoms with Crippen molar-refractivity contribution in [2.75, 3.05) is 32.6 Å². The van der Waals surface area contributed by atoms with Gasteiger partial charge in [0.05, 0.1) is 25.1 Å². The first-order chi connectivity index (χ1) is 17.0. The Morgan fingerprint density at radius 1 is 1.11 bits per heavy atom. The molecule has 2 aromatic heterocycles. The molecule has 1 amide bonds. The number of nitrogens with one attached hydrogen (secondary N) is 1. The summed E-state index contributed by atoms with van der Waals surface area (Å²) in [6.07, 6.45) is 5.94. The number of rotatable bonds is 7. The smallest absolute Gasteiger partial charge is 0.254 e. The largest absolute Gasteiger partial charge is 0.495 e. The van der Waals surface area contributed by atoms with Gasteiger partial charge in [-0.15, -0.1) is 0 Å². The molecule has 5 rings (SSSR count). The van der Waals surface area contributed by atoms with Crippen LogP contribution >= 0.6 is 0 Å². The summed E-state index contributed by atoms with van der Waals surface area (Å²) in [4.78, 5) is 19.1. The van der Waals surface area contributed by atoms with E-state index in [1.165, 1.54) is 0 Å². The Hall–Kier alpha value is -3.91. The minimum Gasteiger partial charge on any atom is -0.495 e. The van der Waals surface area contributed by atoms with E-state index in [4.69, 9.17) is 9.47 Å². The second-order valence-electron chi connectivity index (χ2n) is 9.01. The highest BCUT2D eigenvalue weighted by Gasteiger charge is 2.31. The van der Waals surface area contributed by atoms with Crippen LogP contribution in [0.4, 0.5) is 11.5 Å². The van der Waals surface area contributed by atoms with Crippen molar-refractivity contribution in [2.45, 2.75) is 26.0 Å². The second-order valence-corrected chi connectivity index (χ2v) is 9.01. The van der Waals surface area contributed by atoms with Gasteiger partial charge in [0.2, 0.25) is 0 Å². The Morgan fingerprint density at radius 3 is 2.66 bits per heavy atom. The summed E-state index contributed by atoms with van der Waals surface area (Å²) in [5, 5.41) is 9.97. The van der Waals surface area contributed by atoms with Crippen LogP contribution in [0, 0.1) is 0 Å². The summed E-state index contributed by atoms with van der Waals surface area (Å²) in [6.45, 7) is 5.43. The lowest BCUT2D eigenvalue weighted by Crippen LogP contribution is -2.54. The molecule has 1 aliphatic rings. The number of fused-ring (bicyclic) bond motifs is 1. The Labute approximate surface area is 204 Å². The summed E-state index contributed by atoms with van der Waals surface area (Å²) in [7, 11) is 3.26. The lowest BCUT2D eigenvalue weighted by Gasteiger charge is -2.38. The molecule has 35 heavy (non-hydrogen) atoms. The number of methoxy groups -OCH3 is 2. The van der Waals surface area contributed by atoms with Crippen LogP contribution in [0.25, 0.3) is 21.9 Å². The van der Waals surface area contributed by atoms with Crippen LogP contribution in [0.15, 0.2) is 61.1 Å². The number of aromatic nitrogens is 3. The molecule has 0 spiro atoms. The van der Waals surface area contributed by atoms with Crippen molar-refractivity contribution in [1.82, 2.24) is 19.7 Å². The van der Waals surface area contributed by atoms with E-state index in [2.05, 4.69) is 41.5 Å². The standard InChI is InChI=1S/C27H29N5O3/c1-17(2)32-14-20(13-29-32)22-7-5-6-19-12-28-26(11-23(19)22)30-24-9-8-18(10-25(24)35-4)27(33)31-15-21(16-31)34-3/h5-14,17,21H,15-16H2,1-4H3,(H,28,30). The lowest BCUT2D eigenvalue weighted by atomic mass is 10.0. The fourth-order valence-electron chi connectivity index (χ4n) is 4.25. The van der Waals surface area contributed by atoms with Crippen LogP contribution in [-0.4, -0.2) is 59.0 Å². The molecule has 3 heterocycles. The van der Waals surface area contributed by atoms with Gasteiger partial charge in [0.25, 0.3) is 5.91 Å². The zero-order valence-electron chi connectivity index (χ0n) is 20.4. The second kappa shape index (κ2) is 9.38. The maximum absolute atomic E-state index is 12.8. The molecule has 0 bridgehead atoms. The van der Waals surface area contributed by atoms with Crippen LogP contribution < -0.4 is 10.1 Å². The van der Waals surface area contributed by atoms with Gasteiger partial charge in [0.1, 0.15) is 11.6 Å². The number of pyridine rings is 1. The van der Waals surface area contributed by atoms with Crippen molar-refractivity contribution < 1.29 is 14.3 Å². The molecular formula is C27H29N5O3. The molecule has 0 saturated carbocycles. The van der Waals surface area contributed by atoms with Gasteiger partial charge >= 0.3 is 0 Å². The molecule has 8 nitrogen and oxygen atoms in total. The van der Waals surface area contributed by atoms with E-state index in [1.807, 2.05) is 41.3 Å². The van der Waals surface area contributed by atoms with Gasteiger partial charge in [0, 0.05) is 55.1 Å². The van der Waals surface area contributed by atoms with Gasteiger partial charge in [-0.3, -0.25) is 9.48 Å². The molecule has 0 atom stereocenters. The number of hydrogen-bond donors (Lipinski definition) is 1. The molecular weight excluding hydrogens is 442 g/mol. The number of amides is 1. The SMILES string of the molecule is COc1cc(C(=O)N2CC(OC)C2)ccc1Nc1cc2c(-c3cnn(C(C)C)c3)cccc2cn1. The molecule has 1 N–H and O–H groups in total. The first kappa shape index (κ1) is 22.9. The number of hydrogen-bond acceptors (Lipinski definition) is 6. The van der Waals surface area contributed by atoms with Crippen LogP contribution in [0.2, 0.25) is 0 Å². The normalized spacial score (nSPS) is 13.8. The molecule has 180 valence electrons. The molecule has 1 aliphatic heterocycles. The van der Waals surface area contributed by atoms with E-state index in [0.717, 1.165) is 27.6 Å². The van der Waals surface area contributed by atoms with Gasteiger partial charge in [-0.05, 0) is 49.1 Å². The number of ether oxygens (including phenoxy) is 2. The summed E-state index contributed by atoms with van der Waals surface area (Å²) in [5.74, 6) is 1.23. The third-order valence-electron chi connectivity index (χ3n) is 6.39. The van der Waals surface area contributed by atoms with Crippen molar-refractivity contribution in [3.8, 4) is 16.9 Å². The van der Waals surface area contributed by atoms with Gasteiger partial charge in [-0.2, -0.15) is 5.10 Å². The average molecular weight is 472 g/mol. The molecule has 2 aromatic carbocycles. The molecule has 8 heteroatoms. The molecule has 1 fully saturated rings. The minimum absolute atomic E-state index is 0.0291. The van der Waals surface area contributed by atoms with E-state index >= 15 is 0 Å². The zero-order chi connectivity index (χ0) is 24.5. The maximum Gasteiger partial charge on any atom is 0.254 e. The van der Waals surface area contributed by atoms with E-state index < -0.39 is 0 Å². The fourth-order valence-corrected chi connectivity index (χ4v) is 4.25. The van der Waals surface area contributed by atoms with Crippen molar-refractivity contribution in [3.05, 3.63) is 66.6 Å². The lowest BCUT2D eigenvalue weighted by molar-refractivity contribution is -0.0192. The summed E-state index contributed by atoms with van der Waals surface area (Å²) in [5.41, 5.74) is 3.47. The van der Waals surface area contributed by atoms with Crippen molar-refractivity contribution in [3.63, 3.8) is 0 Å². The summed E-state index contributed by atoms with van der Waals surface area (Å²) >= 11 is 0. The van der Waals surface area contributed by atoms with Crippen molar-refractivity contribution in [2.24, 2.45) is 0 Å². The monoisotopic (exact) mass is 471 g/mol. The molecule has 1 saturated heterocycles. The Balaban J connectivity index is 1.42. The Morgan fingerprint density at radius 2 is 1.94 bits per heavy atom. The molecule has 0 radical (unpaired) electrons. The highest BCUT2D eigenvalue weighted by molar-refractivity contribution is 5.98. The molecule has 0 aliphatic carbocycles. The number of carbonyl (C=O) groups excluding carboxylic acids is 1. The predicted octanol–water partition coefficient (Wildman–Crippen LogP) is 4.90. The van der Waals surface area contributed by atoms with Crippen molar-refractivity contribution in [1.29, 1.82) is 0 Å². The number of anilines is 2. The van der Waals surface area contributed by atoms with Crippen LogP contribution in [-0.2, 0) is 4.74 Å². The number of carbonyl (C=O) groups is 1. The number of likely N-dealkylation sites (tertiary alicyclic amines) is 1. The highest BCUT2D eigenvalue weighted by Crippen LogP contribution is 2.33. The number of benzene rings is 2. The highest BCUT2D eigenvalue weighted by atomic mass is 16.5. The first-order valence-electron chi connectivity index (χ1n) is 11.7. The topological polar surface area (TPSA) is 81.5 Å². The minimum atomic E-state index is -0.0291. The van der Waals surface area contributed by atoms with Crippen LogP contribution in [0.5, 0.6) is 5.75 Å². The predicted molar refractivity (Wildman–Crippen MR) is 136 cm³/mol. The van der Waals surface area contributed by atoms with Gasteiger partial charge in [0.15, 0.2) is 0 Å². The van der Waals surface area contributed by atoms with E-state index in [1.54, 1.807) is 31.3 Å². The Bertz CT molecular complexity index is 1370. The average Bonchev–Trinajstić information content (AvgIpc) is 3.34. The first-order valence-corrected chi connectivity index (χ1v) is 11.7. The fraction of sp³-hybridized carbons (Fsp3) is 0.296. The molecule has 4 aromatic rings. The third-order valence-corrected chi connectivity index (χ3v) is 6.39. The van der Waals surface area contributed by atoms with E-state index in [9.17, 15) is 4.79 Å². The zero-order valence-corrected chi connectivity index (χ0v) is 20.4. The summed E-state index contributed by atoms with van der Waals surface area (Å²) in [6, 6.07) is 13.9. The third kappa shape index (κ3) is 4.44. The van der Waals surface area contributed by atoms with Gasteiger partial charge in [-0.1, -0.05) is 18.2 Å². The Kier molecular flexibility index (Phi) is 6.13. The summed E-state index contributed by atoms with van der Waals surface area (Å²) < 4.78 is 12.8. The number of nitrogens with zero attached hydrogens (tertiary/aromatic N) is 4.